The number of methoxy groups -OCH3 is 1. The summed E-state index contributed by atoms with van der Waals surface area (Å²) in [5.74, 6) is -0.843. The lowest BCUT2D eigenvalue weighted by Crippen LogP contribution is -2.50. The monoisotopic (exact) mass is 428 g/mol. The molecule has 8 nitrogen and oxygen atoms in total. The second kappa shape index (κ2) is 9.13. The van der Waals surface area contributed by atoms with Gasteiger partial charge in [0.1, 0.15) is 17.1 Å². The first-order valence-electron chi connectivity index (χ1n) is 9.76. The molecule has 0 aromatic heterocycles. The molecular formula is C22H25FN4O4. The van der Waals surface area contributed by atoms with Gasteiger partial charge in [0.2, 0.25) is 0 Å². The molecule has 1 heterocycles. The molecular weight excluding hydrogens is 403 g/mol. The number of hydrogen-bond donors (Lipinski definition) is 2. The summed E-state index contributed by atoms with van der Waals surface area (Å²) in [4.78, 5) is 39.5. The fourth-order valence-corrected chi connectivity index (χ4v) is 3.33. The van der Waals surface area contributed by atoms with Gasteiger partial charge in [-0.1, -0.05) is 24.3 Å². The van der Waals surface area contributed by atoms with Crippen LogP contribution >= 0.6 is 0 Å². The van der Waals surface area contributed by atoms with E-state index in [1.54, 1.807) is 55.3 Å². The molecule has 1 atom stereocenters. The Kier molecular flexibility index (Phi) is 6.55. The van der Waals surface area contributed by atoms with Crippen LogP contribution in [0.3, 0.4) is 0 Å². The summed E-state index contributed by atoms with van der Waals surface area (Å²) in [7, 11) is 3.25. The molecule has 31 heavy (non-hydrogen) atoms. The van der Waals surface area contributed by atoms with Gasteiger partial charge in [0.05, 0.1) is 13.7 Å². The van der Waals surface area contributed by atoms with Crippen molar-refractivity contribution in [2.45, 2.75) is 18.9 Å². The predicted octanol–water partition coefficient (Wildman–Crippen LogP) is 1.81. The first-order valence-corrected chi connectivity index (χ1v) is 9.76. The maximum atomic E-state index is 13.0. The van der Waals surface area contributed by atoms with Crippen molar-refractivity contribution in [3.8, 4) is 5.75 Å². The second-order valence-electron chi connectivity index (χ2n) is 7.58. The summed E-state index contributed by atoms with van der Waals surface area (Å²) in [5.41, 5.74) is 2.53. The van der Waals surface area contributed by atoms with Crippen LogP contribution in [0, 0.1) is 5.82 Å². The average molecular weight is 428 g/mol. The van der Waals surface area contributed by atoms with E-state index in [9.17, 15) is 18.8 Å². The van der Waals surface area contributed by atoms with E-state index in [0.717, 1.165) is 5.56 Å². The van der Waals surface area contributed by atoms with Crippen molar-refractivity contribution in [1.82, 2.24) is 20.7 Å². The Morgan fingerprint density at radius 3 is 2.61 bits per heavy atom. The van der Waals surface area contributed by atoms with Gasteiger partial charge in [-0.05, 0) is 55.8 Å². The molecule has 9 heteroatoms. The van der Waals surface area contributed by atoms with Crippen LogP contribution in [0.25, 0.3) is 0 Å². The number of rotatable bonds is 8. The number of ether oxygens (including phenoxy) is 1. The highest BCUT2D eigenvalue weighted by atomic mass is 19.1. The molecule has 164 valence electrons. The second-order valence-corrected chi connectivity index (χ2v) is 7.58. The molecule has 2 aromatic carbocycles. The summed E-state index contributed by atoms with van der Waals surface area (Å²) in [6, 6.07) is 12.3. The minimum atomic E-state index is -1.33. The van der Waals surface area contributed by atoms with Gasteiger partial charge < -0.3 is 10.1 Å². The number of carbonyl (C=O) groups is 3. The lowest BCUT2D eigenvalue weighted by atomic mass is 9.92. The molecule has 0 saturated carbocycles. The minimum Gasteiger partial charge on any atom is -0.497 e. The summed E-state index contributed by atoms with van der Waals surface area (Å²) in [6.07, 6.45) is 0.626. The predicted molar refractivity (Wildman–Crippen MR) is 111 cm³/mol. The van der Waals surface area contributed by atoms with E-state index in [0.29, 0.717) is 29.3 Å². The zero-order valence-corrected chi connectivity index (χ0v) is 17.6. The van der Waals surface area contributed by atoms with Gasteiger partial charge in [0.15, 0.2) is 0 Å². The van der Waals surface area contributed by atoms with Gasteiger partial charge in [-0.25, -0.2) is 9.18 Å². The van der Waals surface area contributed by atoms with Gasteiger partial charge in [-0.15, -0.1) is 0 Å². The molecule has 2 N–H and O–H groups in total. The number of halogens is 1. The Balaban J connectivity index is 1.58. The van der Waals surface area contributed by atoms with E-state index < -0.39 is 23.4 Å². The number of hydrogen-bond acceptors (Lipinski definition) is 5. The minimum absolute atomic E-state index is 0.0197. The molecule has 1 unspecified atom stereocenters. The summed E-state index contributed by atoms with van der Waals surface area (Å²) in [5, 5.41) is 3.33. The largest absolute Gasteiger partial charge is 0.497 e. The summed E-state index contributed by atoms with van der Waals surface area (Å²) in [6.45, 7) is 2.10. The van der Waals surface area contributed by atoms with E-state index in [-0.39, 0.29) is 12.4 Å². The van der Waals surface area contributed by atoms with Crippen molar-refractivity contribution in [2.24, 2.45) is 0 Å². The van der Waals surface area contributed by atoms with Gasteiger partial charge in [-0.2, -0.15) is 5.01 Å². The maximum absolute atomic E-state index is 13.0. The Labute approximate surface area is 179 Å². The summed E-state index contributed by atoms with van der Waals surface area (Å²) < 4.78 is 18.2. The van der Waals surface area contributed by atoms with E-state index in [1.165, 1.54) is 19.2 Å². The van der Waals surface area contributed by atoms with Crippen molar-refractivity contribution in [3.63, 3.8) is 0 Å². The maximum Gasteiger partial charge on any atom is 0.344 e. The molecule has 4 amide bonds. The topological polar surface area (TPSA) is 91.0 Å². The number of nitrogens with one attached hydrogen (secondary N) is 2. The molecule has 0 radical (unpaired) electrons. The van der Waals surface area contributed by atoms with Crippen LogP contribution in [0.4, 0.5) is 9.18 Å². The molecule has 3 rings (SSSR count). The molecule has 1 aliphatic rings. The van der Waals surface area contributed by atoms with Crippen LogP contribution in [0.5, 0.6) is 5.75 Å². The van der Waals surface area contributed by atoms with Gasteiger partial charge in [-0.3, -0.25) is 19.9 Å². The van der Waals surface area contributed by atoms with Crippen molar-refractivity contribution in [1.29, 1.82) is 0 Å². The number of urea groups is 1. The number of likely N-dealkylation sites (N-methyl/N-ethyl adjacent to an activating group) is 1. The number of hydrazine groups is 1. The number of amides is 4. The van der Waals surface area contributed by atoms with Crippen LogP contribution < -0.4 is 15.5 Å². The van der Waals surface area contributed by atoms with Crippen LogP contribution in [0.2, 0.25) is 0 Å². The van der Waals surface area contributed by atoms with Gasteiger partial charge in [0.25, 0.3) is 11.8 Å². The Bertz CT molecular complexity index is 982. The summed E-state index contributed by atoms with van der Waals surface area (Å²) >= 11 is 0. The quantitative estimate of drug-likeness (QED) is 0.626. The third-order valence-electron chi connectivity index (χ3n) is 5.18. The zero-order chi connectivity index (χ0) is 22.6. The van der Waals surface area contributed by atoms with Crippen molar-refractivity contribution >= 4 is 17.8 Å². The zero-order valence-electron chi connectivity index (χ0n) is 17.6. The third kappa shape index (κ3) is 5.00. The lowest BCUT2D eigenvalue weighted by Gasteiger charge is -2.23. The molecule has 1 fully saturated rings. The average Bonchev–Trinajstić information content (AvgIpc) is 2.97. The third-order valence-corrected chi connectivity index (χ3v) is 5.18. The van der Waals surface area contributed by atoms with Crippen LogP contribution in [-0.4, -0.2) is 55.0 Å². The van der Waals surface area contributed by atoms with Gasteiger partial charge >= 0.3 is 6.03 Å². The van der Waals surface area contributed by atoms with Crippen molar-refractivity contribution in [3.05, 3.63) is 65.5 Å². The molecule has 0 spiro atoms. The van der Waals surface area contributed by atoms with Crippen LogP contribution in [0.15, 0.2) is 48.5 Å². The molecule has 0 bridgehead atoms. The van der Waals surface area contributed by atoms with E-state index in [4.69, 9.17) is 4.74 Å². The molecule has 1 saturated heterocycles. The van der Waals surface area contributed by atoms with E-state index in [2.05, 4.69) is 10.7 Å². The molecule has 1 aliphatic heterocycles. The number of imide groups is 1. The molecule has 0 aliphatic carbocycles. The number of benzene rings is 2. The first-order chi connectivity index (χ1) is 14.7. The fourth-order valence-electron chi connectivity index (χ4n) is 3.33. The normalized spacial score (nSPS) is 18.3. The van der Waals surface area contributed by atoms with Gasteiger partial charge in [0, 0.05) is 6.54 Å². The standard InChI is InChI=1S/C22H25FN4O4/c1-22(16-5-4-6-18(13-16)31-3)20(29)27(21(30)24-22)25-19(28)14-26(2)12-11-15-7-9-17(23)10-8-15/h4-10,13H,11-12,14H2,1-3H3,(H,24,30)(H,25,28). The Hall–Kier alpha value is -3.46. The Morgan fingerprint density at radius 1 is 1.23 bits per heavy atom. The van der Waals surface area contributed by atoms with Crippen LogP contribution in [-0.2, 0) is 21.5 Å². The number of carbonyl (C=O) groups excluding carboxylic acids is 3. The SMILES string of the molecule is COc1cccc(C2(C)NC(=O)N(NC(=O)CN(C)CCc3ccc(F)cc3)C2=O)c1. The molecule has 2 aromatic rings. The number of nitrogens with zero attached hydrogens (tertiary/aromatic N) is 2. The van der Waals surface area contributed by atoms with Crippen molar-refractivity contribution in [2.75, 3.05) is 27.2 Å². The highest BCUT2D eigenvalue weighted by molar-refractivity contribution is 6.08. The first kappa shape index (κ1) is 22.2. The lowest BCUT2D eigenvalue weighted by molar-refractivity contribution is -0.139. The van der Waals surface area contributed by atoms with Crippen molar-refractivity contribution < 1.29 is 23.5 Å². The van der Waals surface area contributed by atoms with Crippen LogP contribution in [0.1, 0.15) is 18.1 Å². The van der Waals surface area contributed by atoms with E-state index >= 15 is 0 Å². The highest BCUT2D eigenvalue weighted by Crippen LogP contribution is 2.30. The Morgan fingerprint density at radius 2 is 1.94 bits per heavy atom. The highest BCUT2D eigenvalue weighted by Gasteiger charge is 2.50. The fraction of sp³-hybridized carbons (Fsp3) is 0.318. The van der Waals surface area contributed by atoms with E-state index in [1.807, 2.05) is 0 Å². The smallest absolute Gasteiger partial charge is 0.344 e.